The van der Waals surface area contributed by atoms with E-state index in [1.54, 1.807) is 0 Å². The van der Waals surface area contributed by atoms with Crippen molar-refractivity contribution in [1.82, 2.24) is 0 Å². The van der Waals surface area contributed by atoms with Gasteiger partial charge in [0, 0.05) is 0 Å². The molecule has 0 aromatic heterocycles. The van der Waals surface area contributed by atoms with Crippen molar-refractivity contribution in [2.45, 2.75) is 11.4 Å². The molecule has 3 aromatic rings. The van der Waals surface area contributed by atoms with Crippen LogP contribution in [0.15, 0.2) is 72.8 Å². The van der Waals surface area contributed by atoms with Crippen LogP contribution in [0.1, 0.15) is 22.5 Å². The first-order valence-electron chi connectivity index (χ1n) is 7.22. The van der Waals surface area contributed by atoms with Gasteiger partial charge in [-0.3, -0.25) is 0 Å². The van der Waals surface area contributed by atoms with E-state index in [1.807, 2.05) is 42.5 Å². The fourth-order valence-electron chi connectivity index (χ4n) is 2.87. The first-order valence-corrected chi connectivity index (χ1v) is 8.10. The van der Waals surface area contributed by atoms with Crippen LogP contribution in [0, 0.1) is 0 Å². The summed E-state index contributed by atoms with van der Waals surface area (Å²) in [5, 5.41) is 2.17. The largest absolute Gasteiger partial charge is 0.448 e. The second-order valence-electron chi connectivity index (χ2n) is 5.34. The summed E-state index contributed by atoms with van der Waals surface area (Å²) >= 11 is 1.27. The van der Waals surface area contributed by atoms with Gasteiger partial charge in [0.25, 0.3) is 0 Å². The minimum Gasteiger partial charge on any atom is -0.448 e. The Balaban J connectivity index is 1.76. The zero-order chi connectivity index (χ0) is 14.9. The molecule has 0 N–H and O–H groups in total. The molecule has 0 bridgehead atoms. The molecule has 0 saturated carbocycles. The van der Waals surface area contributed by atoms with Gasteiger partial charge in [-0.2, -0.15) is 0 Å². The number of hydrogen-bond donors (Lipinski definition) is 0. The number of cyclic esters (lactones) is 1. The van der Waals surface area contributed by atoms with Gasteiger partial charge in [0.15, 0.2) is 0 Å². The van der Waals surface area contributed by atoms with Gasteiger partial charge >= 0.3 is 5.30 Å². The molecule has 2 atom stereocenters. The molecule has 0 spiro atoms. The Hall–Kier alpha value is -2.26. The quantitative estimate of drug-likeness (QED) is 0.584. The highest BCUT2D eigenvalue weighted by Gasteiger charge is 2.37. The van der Waals surface area contributed by atoms with E-state index in [4.69, 9.17) is 4.74 Å². The molecule has 108 valence electrons. The number of carbonyl (C=O) groups excluding carboxylic acids is 1. The average molecular weight is 306 g/mol. The van der Waals surface area contributed by atoms with Gasteiger partial charge in [-0.05, 0) is 39.7 Å². The number of fused-ring (bicyclic) bond motifs is 1. The number of hydrogen-bond acceptors (Lipinski definition) is 3. The summed E-state index contributed by atoms with van der Waals surface area (Å²) in [5.74, 6) is 0. The van der Waals surface area contributed by atoms with Crippen LogP contribution in [0.2, 0.25) is 0 Å². The minimum atomic E-state index is -0.232. The van der Waals surface area contributed by atoms with Crippen molar-refractivity contribution in [3.63, 3.8) is 0 Å². The molecule has 0 amide bonds. The summed E-state index contributed by atoms with van der Waals surface area (Å²) in [6, 6.07) is 24.6. The van der Waals surface area contributed by atoms with E-state index in [1.165, 1.54) is 22.5 Å². The summed E-state index contributed by atoms with van der Waals surface area (Å²) in [5.41, 5.74) is 2.17. The Kier molecular flexibility index (Phi) is 3.35. The van der Waals surface area contributed by atoms with Crippen LogP contribution in [-0.2, 0) is 4.74 Å². The first kappa shape index (κ1) is 13.4. The first-order chi connectivity index (χ1) is 10.8. The maximum Gasteiger partial charge on any atom is 0.368 e. The van der Waals surface area contributed by atoms with Crippen LogP contribution >= 0.6 is 11.8 Å². The average Bonchev–Trinajstić information content (AvgIpc) is 2.97. The van der Waals surface area contributed by atoms with E-state index < -0.39 is 0 Å². The van der Waals surface area contributed by atoms with E-state index in [9.17, 15) is 4.79 Å². The van der Waals surface area contributed by atoms with Crippen LogP contribution in [-0.4, -0.2) is 5.30 Å². The highest BCUT2D eigenvalue weighted by molar-refractivity contribution is 8.13. The lowest BCUT2D eigenvalue weighted by Crippen LogP contribution is -2.05. The standard InChI is InChI=1S/C19H14O2S/c20-19-21-17(18(22-19)14-7-2-1-3-8-14)16-11-10-13-6-4-5-9-15(13)12-16/h1-12,17-18H/t17-,18-/m0/s1. The van der Waals surface area contributed by atoms with Crippen molar-refractivity contribution in [1.29, 1.82) is 0 Å². The maximum absolute atomic E-state index is 11.8. The normalized spacial score (nSPS) is 21.0. The molecular formula is C19H14O2S. The lowest BCUT2D eigenvalue weighted by Gasteiger charge is -2.17. The molecule has 0 radical (unpaired) electrons. The van der Waals surface area contributed by atoms with Crippen LogP contribution in [0.4, 0.5) is 4.79 Å². The summed E-state index contributed by atoms with van der Waals surface area (Å²) < 4.78 is 5.59. The fourth-order valence-corrected chi connectivity index (χ4v) is 3.87. The molecule has 1 saturated heterocycles. The molecule has 3 aromatic carbocycles. The Morgan fingerprint density at radius 2 is 1.50 bits per heavy atom. The van der Waals surface area contributed by atoms with Gasteiger partial charge in [-0.15, -0.1) is 0 Å². The van der Waals surface area contributed by atoms with Crippen LogP contribution < -0.4 is 0 Å². The van der Waals surface area contributed by atoms with Crippen LogP contribution in [0.25, 0.3) is 10.8 Å². The van der Waals surface area contributed by atoms with Gasteiger partial charge in [-0.1, -0.05) is 66.7 Å². The van der Waals surface area contributed by atoms with E-state index in [-0.39, 0.29) is 16.7 Å². The third-order valence-electron chi connectivity index (χ3n) is 3.95. The van der Waals surface area contributed by atoms with Crippen molar-refractivity contribution in [3.8, 4) is 0 Å². The van der Waals surface area contributed by atoms with E-state index in [0.717, 1.165) is 11.1 Å². The van der Waals surface area contributed by atoms with Gasteiger partial charge in [-0.25, -0.2) is 4.79 Å². The van der Waals surface area contributed by atoms with Crippen molar-refractivity contribution >= 4 is 27.8 Å². The fraction of sp³-hybridized carbons (Fsp3) is 0.105. The molecule has 1 heterocycles. The van der Waals surface area contributed by atoms with Gasteiger partial charge in [0.05, 0.1) is 5.25 Å². The monoisotopic (exact) mass is 306 g/mol. The molecular weight excluding hydrogens is 292 g/mol. The van der Waals surface area contributed by atoms with Crippen molar-refractivity contribution in [2.75, 3.05) is 0 Å². The van der Waals surface area contributed by atoms with Crippen LogP contribution in [0.5, 0.6) is 0 Å². The molecule has 22 heavy (non-hydrogen) atoms. The Morgan fingerprint density at radius 1 is 0.773 bits per heavy atom. The van der Waals surface area contributed by atoms with E-state index >= 15 is 0 Å². The molecule has 0 aliphatic carbocycles. The lowest BCUT2D eigenvalue weighted by atomic mass is 9.98. The number of benzene rings is 3. The second-order valence-corrected chi connectivity index (χ2v) is 6.42. The SMILES string of the molecule is O=C1O[C@@H](c2ccc3ccccc3c2)[C@H](c2ccccc2)S1. The summed E-state index contributed by atoms with van der Waals surface area (Å²) in [6.45, 7) is 0. The van der Waals surface area contributed by atoms with E-state index in [2.05, 4.69) is 30.3 Å². The summed E-state index contributed by atoms with van der Waals surface area (Å²) in [6.07, 6.45) is -0.232. The van der Waals surface area contributed by atoms with Gasteiger partial charge in [0.1, 0.15) is 6.10 Å². The third-order valence-corrected chi connectivity index (χ3v) is 5.01. The molecule has 3 heteroatoms. The zero-order valence-electron chi connectivity index (χ0n) is 11.8. The molecule has 1 fully saturated rings. The zero-order valence-corrected chi connectivity index (χ0v) is 12.6. The summed E-state index contributed by atoms with van der Waals surface area (Å²) in [4.78, 5) is 11.8. The molecule has 4 rings (SSSR count). The number of rotatable bonds is 2. The Bertz CT molecular complexity index is 829. The third kappa shape index (κ3) is 2.38. The predicted molar refractivity (Wildman–Crippen MR) is 89.9 cm³/mol. The van der Waals surface area contributed by atoms with Crippen molar-refractivity contribution < 1.29 is 9.53 Å². The molecule has 2 nitrogen and oxygen atoms in total. The number of thioether (sulfide) groups is 1. The predicted octanol–water partition coefficient (Wildman–Crippen LogP) is 5.51. The Labute approximate surface area is 133 Å². The highest BCUT2D eigenvalue weighted by atomic mass is 32.2. The highest BCUT2D eigenvalue weighted by Crippen LogP contribution is 2.49. The second kappa shape index (κ2) is 5.50. The lowest BCUT2D eigenvalue weighted by molar-refractivity contribution is 0.133. The van der Waals surface area contributed by atoms with E-state index in [0.29, 0.717) is 0 Å². The molecule has 1 aliphatic heterocycles. The summed E-state index contributed by atoms with van der Waals surface area (Å²) in [7, 11) is 0. The van der Waals surface area contributed by atoms with Crippen LogP contribution in [0.3, 0.4) is 0 Å². The molecule has 1 aliphatic rings. The number of ether oxygens (including phenoxy) is 1. The maximum atomic E-state index is 11.8. The van der Waals surface area contributed by atoms with Gasteiger partial charge < -0.3 is 4.74 Å². The molecule has 0 unspecified atom stereocenters. The topological polar surface area (TPSA) is 26.3 Å². The van der Waals surface area contributed by atoms with Crippen molar-refractivity contribution in [2.24, 2.45) is 0 Å². The number of carbonyl (C=O) groups is 1. The van der Waals surface area contributed by atoms with Crippen molar-refractivity contribution in [3.05, 3.63) is 83.9 Å². The smallest absolute Gasteiger partial charge is 0.368 e. The van der Waals surface area contributed by atoms with Gasteiger partial charge in [0.2, 0.25) is 0 Å². The Morgan fingerprint density at radius 3 is 2.32 bits per heavy atom. The minimum absolute atomic E-state index is 0.00913.